The van der Waals surface area contributed by atoms with Gasteiger partial charge in [0, 0.05) is 7.05 Å². The normalized spacial score (nSPS) is 10.5. The minimum atomic E-state index is -0.557. The van der Waals surface area contributed by atoms with Gasteiger partial charge in [-0.1, -0.05) is 0 Å². The fourth-order valence-corrected chi connectivity index (χ4v) is 0.988. The van der Waals surface area contributed by atoms with Crippen molar-refractivity contribution in [2.24, 2.45) is 0 Å². The summed E-state index contributed by atoms with van der Waals surface area (Å²) in [6.45, 7) is 5.36. The molecule has 1 rings (SSSR count). The second kappa shape index (κ2) is 4.78. The van der Waals surface area contributed by atoms with Gasteiger partial charge in [0.05, 0.1) is 18.1 Å². The van der Waals surface area contributed by atoms with Gasteiger partial charge in [-0.25, -0.2) is 14.8 Å². The lowest BCUT2D eigenvalue weighted by Crippen LogP contribution is -2.34. The first-order valence-electron chi connectivity index (χ1n) is 5.02. The first kappa shape index (κ1) is 12.9. The number of nitrogens with zero attached hydrogens (tertiary/aromatic N) is 4. The third kappa shape index (κ3) is 3.72. The Morgan fingerprint density at radius 1 is 1.41 bits per heavy atom. The van der Waals surface area contributed by atoms with Gasteiger partial charge in [0.15, 0.2) is 0 Å². The first-order chi connectivity index (χ1) is 7.83. The van der Waals surface area contributed by atoms with Crippen LogP contribution in [-0.4, -0.2) is 28.7 Å². The summed E-state index contributed by atoms with van der Waals surface area (Å²) in [5, 5.41) is 8.55. The van der Waals surface area contributed by atoms with Gasteiger partial charge in [-0.2, -0.15) is 5.26 Å². The van der Waals surface area contributed by atoms with E-state index in [2.05, 4.69) is 9.97 Å². The number of hydrogen-bond donors (Lipinski definition) is 0. The highest BCUT2D eigenvalue weighted by atomic mass is 16.6. The summed E-state index contributed by atoms with van der Waals surface area (Å²) in [4.78, 5) is 20.5. The molecule has 0 aromatic carbocycles. The first-order valence-corrected chi connectivity index (χ1v) is 5.02. The zero-order chi connectivity index (χ0) is 13.1. The molecule has 6 nitrogen and oxygen atoms in total. The quantitative estimate of drug-likeness (QED) is 0.739. The van der Waals surface area contributed by atoms with Crippen LogP contribution in [-0.2, 0) is 4.74 Å². The smallest absolute Gasteiger partial charge is 0.414 e. The highest BCUT2D eigenvalue weighted by Crippen LogP contribution is 2.14. The number of amides is 1. The Morgan fingerprint density at radius 2 is 1.94 bits per heavy atom. The number of carbonyl (C=O) groups excluding carboxylic acids is 1. The van der Waals surface area contributed by atoms with E-state index in [0.29, 0.717) is 5.69 Å². The Balaban J connectivity index is 2.79. The van der Waals surface area contributed by atoms with Crippen LogP contribution in [0.4, 0.5) is 10.5 Å². The molecule has 0 spiro atoms. The number of ether oxygens (including phenoxy) is 1. The summed E-state index contributed by atoms with van der Waals surface area (Å²) in [5.41, 5.74) is -0.0861. The van der Waals surface area contributed by atoms with E-state index in [9.17, 15) is 4.79 Å². The van der Waals surface area contributed by atoms with E-state index in [0.717, 1.165) is 0 Å². The molecule has 1 amide bonds. The number of rotatable bonds is 1. The van der Waals surface area contributed by atoms with Gasteiger partial charge in [0.2, 0.25) is 5.82 Å². The Bertz CT molecular complexity index is 442. The van der Waals surface area contributed by atoms with Crippen molar-refractivity contribution in [3.8, 4) is 6.07 Å². The topological polar surface area (TPSA) is 79.1 Å². The molecule has 1 aromatic rings. The van der Waals surface area contributed by atoms with Crippen LogP contribution >= 0.6 is 0 Å². The van der Waals surface area contributed by atoms with E-state index >= 15 is 0 Å². The van der Waals surface area contributed by atoms with E-state index in [1.165, 1.54) is 17.3 Å². The second-order valence-corrected chi connectivity index (χ2v) is 4.42. The average molecular weight is 234 g/mol. The van der Waals surface area contributed by atoms with Crippen molar-refractivity contribution < 1.29 is 9.53 Å². The molecule has 0 unspecified atom stereocenters. The number of hydrogen-bond acceptors (Lipinski definition) is 5. The lowest BCUT2D eigenvalue weighted by molar-refractivity contribution is 0.0589. The van der Waals surface area contributed by atoms with Gasteiger partial charge in [0.1, 0.15) is 11.7 Å². The molecule has 0 atom stereocenters. The second-order valence-electron chi connectivity index (χ2n) is 4.42. The third-order valence-electron chi connectivity index (χ3n) is 1.79. The van der Waals surface area contributed by atoms with Crippen LogP contribution in [0.15, 0.2) is 12.4 Å². The summed E-state index contributed by atoms with van der Waals surface area (Å²) in [6, 6.07) is 1.80. The van der Waals surface area contributed by atoms with E-state index in [1.54, 1.807) is 33.9 Å². The molecule has 6 heteroatoms. The lowest BCUT2D eigenvalue weighted by atomic mass is 10.2. The molecule has 0 aliphatic carbocycles. The van der Waals surface area contributed by atoms with Gasteiger partial charge < -0.3 is 4.74 Å². The molecule has 1 aromatic heterocycles. The SMILES string of the molecule is CN(C(=O)OC(C)(C)C)c1cnc(C#N)nc1. The van der Waals surface area contributed by atoms with Crippen LogP contribution in [0, 0.1) is 11.3 Å². The van der Waals surface area contributed by atoms with Gasteiger partial charge in [-0.3, -0.25) is 4.90 Å². The van der Waals surface area contributed by atoms with Crippen LogP contribution in [0.25, 0.3) is 0 Å². The zero-order valence-electron chi connectivity index (χ0n) is 10.3. The molecule has 0 aliphatic heterocycles. The highest BCUT2D eigenvalue weighted by Gasteiger charge is 2.20. The van der Waals surface area contributed by atoms with Gasteiger partial charge in [0.25, 0.3) is 0 Å². The van der Waals surface area contributed by atoms with Crippen LogP contribution < -0.4 is 4.90 Å². The van der Waals surface area contributed by atoms with Crippen molar-refractivity contribution in [1.29, 1.82) is 5.26 Å². The Labute approximate surface area is 99.9 Å². The lowest BCUT2D eigenvalue weighted by Gasteiger charge is -2.24. The maximum Gasteiger partial charge on any atom is 0.414 e. The summed E-state index contributed by atoms with van der Waals surface area (Å²) >= 11 is 0. The van der Waals surface area contributed by atoms with Crippen molar-refractivity contribution in [2.75, 3.05) is 11.9 Å². The Kier molecular flexibility index (Phi) is 3.63. The summed E-state index contributed by atoms with van der Waals surface area (Å²) in [7, 11) is 1.55. The largest absolute Gasteiger partial charge is 0.443 e. The number of aromatic nitrogens is 2. The minimum absolute atomic E-state index is 0.0614. The third-order valence-corrected chi connectivity index (χ3v) is 1.79. The van der Waals surface area contributed by atoms with E-state index in [1.807, 2.05) is 0 Å². The monoisotopic (exact) mass is 234 g/mol. The fraction of sp³-hybridized carbons (Fsp3) is 0.455. The van der Waals surface area contributed by atoms with Gasteiger partial charge >= 0.3 is 6.09 Å². The van der Waals surface area contributed by atoms with Crippen LogP contribution in [0.5, 0.6) is 0 Å². The van der Waals surface area contributed by atoms with E-state index in [-0.39, 0.29) is 5.82 Å². The van der Waals surface area contributed by atoms with Crippen molar-refractivity contribution in [3.63, 3.8) is 0 Å². The van der Waals surface area contributed by atoms with Gasteiger partial charge in [-0.05, 0) is 20.8 Å². The van der Waals surface area contributed by atoms with E-state index in [4.69, 9.17) is 10.00 Å². The Hall–Kier alpha value is -2.16. The molecule has 90 valence electrons. The summed E-state index contributed by atoms with van der Waals surface area (Å²) in [5.74, 6) is 0.0614. The van der Waals surface area contributed by atoms with Crippen molar-refractivity contribution in [3.05, 3.63) is 18.2 Å². The molecule has 0 radical (unpaired) electrons. The predicted molar refractivity (Wildman–Crippen MR) is 61.4 cm³/mol. The fourth-order valence-electron chi connectivity index (χ4n) is 0.988. The molecule has 1 heterocycles. The van der Waals surface area contributed by atoms with Gasteiger partial charge in [-0.15, -0.1) is 0 Å². The molecule has 0 saturated heterocycles. The zero-order valence-corrected chi connectivity index (χ0v) is 10.3. The summed E-state index contributed by atoms with van der Waals surface area (Å²) in [6.07, 6.45) is 2.30. The summed E-state index contributed by atoms with van der Waals surface area (Å²) < 4.78 is 5.18. The van der Waals surface area contributed by atoms with E-state index < -0.39 is 11.7 Å². The van der Waals surface area contributed by atoms with Crippen LogP contribution in [0.1, 0.15) is 26.6 Å². The maximum atomic E-state index is 11.7. The van der Waals surface area contributed by atoms with Crippen molar-refractivity contribution in [2.45, 2.75) is 26.4 Å². The minimum Gasteiger partial charge on any atom is -0.443 e. The Morgan fingerprint density at radius 3 is 2.35 bits per heavy atom. The number of carbonyl (C=O) groups is 1. The number of nitriles is 1. The molecule has 0 saturated carbocycles. The van der Waals surface area contributed by atoms with Crippen molar-refractivity contribution in [1.82, 2.24) is 9.97 Å². The molecule has 0 N–H and O–H groups in total. The molecular weight excluding hydrogens is 220 g/mol. The van der Waals surface area contributed by atoms with Crippen molar-refractivity contribution >= 4 is 11.8 Å². The molecule has 17 heavy (non-hydrogen) atoms. The molecular formula is C11H14N4O2. The maximum absolute atomic E-state index is 11.7. The number of anilines is 1. The predicted octanol–water partition coefficient (Wildman–Crippen LogP) is 1.72. The highest BCUT2D eigenvalue weighted by molar-refractivity contribution is 5.86. The standard InChI is InChI=1S/C11H14N4O2/c1-11(2,3)17-10(16)15(4)8-6-13-9(5-12)14-7-8/h6-7H,1-4H3. The molecule has 0 fully saturated rings. The van der Waals surface area contributed by atoms with Crippen LogP contribution in [0.3, 0.4) is 0 Å². The van der Waals surface area contributed by atoms with Crippen LogP contribution in [0.2, 0.25) is 0 Å². The molecule has 0 aliphatic rings. The molecule has 0 bridgehead atoms. The average Bonchev–Trinajstić information content (AvgIpc) is 2.26.